The van der Waals surface area contributed by atoms with Crippen molar-refractivity contribution in [1.29, 1.82) is 0 Å². The molecule has 2 aliphatic heterocycles. The minimum absolute atomic E-state index is 0. The Balaban J connectivity index is 0.000000296. The molecule has 0 saturated carbocycles. The van der Waals surface area contributed by atoms with Gasteiger partial charge in [-0.2, -0.15) is 0 Å². The fourth-order valence-electron chi connectivity index (χ4n) is 8.94. The van der Waals surface area contributed by atoms with Crippen LogP contribution in [0.4, 0.5) is 0 Å². The van der Waals surface area contributed by atoms with Crippen molar-refractivity contribution in [2.45, 2.75) is 227 Å². The fraction of sp³-hybridized carbons (Fsp3) is 0.571. The van der Waals surface area contributed by atoms with Gasteiger partial charge in [0.15, 0.2) is 0 Å². The van der Waals surface area contributed by atoms with Gasteiger partial charge in [-0.05, 0) is 118 Å². The summed E-state index contributed by atoms with van der Waals surface area (Å²) in [7, 11) is -9.08. The van der Waals surface area contributed by atoms with E-state index in [9.17, 15) is 18.9 Å². The Morgan fingerprint density at radius 3 is 0.783 bits per heavy atom. The molecule has 69 heavy (non-hydrogen) atoms. The van der Waals surface area contributed by atoms with Crippen LogP contribution >= 0.6 is 39.2 Å². The van der Waals surface area contributed by atoms with E-state index in [2.05, 4.69) is 107 Å². The third kappa shape index (κ3) is 17.0. The molecule has 0 bridgehead atoms. The maximum atomic E-state index is 12.6. The molecule has 2 heterocycles. The van der Waals surface area contributed by atoms with Gasteiger partial charge in [0, 0.05) is 0 Å². The molecule has 0 saturated heterocycles. The molecule has 376 valence electrons. The van der Waals surface area contributed by atoms with Crippen LogP contribution in [0.15, 0.2) is 92.4 Å². The molecule has 0 fully saturated rings. The second kappa shape index (κ2) is 25.7. The second-order valence-electron chi connectivity index (χ2n) is 21.5. The maximum Gasteiger partial charge on any atom is 2.00 e. The molecule has 0 atom stereocenters. The SMILES string of the molecule is CCCCCC(C)(C)c1ccc2c(c1)Sc1cc(C(C)(C)CCCCC)ccc1OP(=O)([O-])O2.CCCCCC(C)(C)c1ccc2c(c1)Sc1cc(C(C)(C)CCCCC)ccc1OP(=O)([O-])O2.[Mg+2]. The Labute approximate surface area is 441 Å². The van der Waals surface area contributed by atoms with Crippen molar-refractivity contribution in [2.24, 2.45) is 0 Å². The Kier molecular flexibility index (Phi) is 22.2. The van der Waals surface area contributed by atoms with Crippen LogP contribution < -0.4 is 27.9 Å². The van der Waals surface area contributed by atoms with Crippen LogP contribution in [0, 0.1) is 0 Å². The van der Waals surface area contributed by atoms with E-state index in [4.69, 9.17) is 18.1 Å². The molecule has 0 aromatic heterocycles. The van der Waals surface area contributed by atoms with Gasteiger partial charge >= 0.3 is 38.7 Å². The first-order valence-electron chi connectivity index (χ1n) is 25.3. The molecular formula is C56H80MgO8P2S2. The molecular weight excluding hydrogens is 951 g/mol. The Morgan fingerprint density at radius 2 is 0.594 bits per heavy atom. The van der Waals surface area contributed by atoms with E-state index in [0.717, 1.165) is 45.3 Å². The summed E-state index contributed by atoms with van der Waals surface area (Å²) in [4.78, 5) is 28.5. The summed E-state index contributed by atoms with van der Waals surface area (Å²) in [5, 5.41) is 0. The van der Waals surface area contributed by atoms with Gasteiger partial charge in [-0.1, -0.05) is 208 Å². The number of benzene rings is 4. The van der Waals surface area contributed by atoms with Crippen LogP contribution in [0.1, 0.15) is 208 Å². The maximum absolute atomic E-state index is 12.6. The van der Waals surface area contributed by atoms with E-state index >= 15 is 0 Å². The molecule has 0 N–H and O–H groups in total. The predicted molar refractivity (Wildman–Crippen MR) is 286 cm³/mol. The van der Waals surface area contributed by atoms with Crippen molar-refractivity contribution in [3.8, 4) is 23.0 Å². The molecule has 6 rings (SSSR count). The number of fused-ring (bicyclic) bond motifs is 4. The topological polar surface area (TPSA) is 117 Å². The molecule has 0 spiro atoms. The standard InChI is InChI=1S/2C28H41O4PS.Mg/c2*1-7-9-11-17-27(3,4)21-13-15-23-25(19-21)34-26-20-22(28(5,6)18-12-10-8-2)14-16-24(26)32-33(29,30)31-23;/h2*13-16,19-20H,7-12,17-18H2,1-6H3,(H,29,30);/q;;+2/p-2. The summed E-state index contributed by atoms with van der Waals surface area (Å²) in [6, 6.07) is 23.4. The van der Waals surface area contributed by atoms with Crippen LogP contribution in [-0.4, -0.2) is 23.1 Å². The van der Waals surface area contributed by atoms with Crippen LogP contribution in [0.2, 0.25) is 0 Å². The van der Waals surface area contributed by atoms with E-state index in [1.807, 2.05) is 24.3 Å². The number of phosphoric ester groups is 2. The van der Waals surface area contributed by atoms with E-state index in [0.29, 0.717) is 23.0 Å². The van der Waals surface area contributed by atoms with Crippen LogP contribution in [0.3, 0.4) is 0 Å². The smallest absolute Gasteiger partial charge is 0.736 e. The average Bonchev–Trinajstić information content (AvgIpc) is 3.25. The molecule has 0 radical (unpaired) electrons. The summed E-state index contributed by atoms with van der Waals surface area (Å²) in [5.41, 5.74) is 4.76. The first-order chi connectivity index (χ1) is 31.9. The minimum Gasteiger partial charge on any atom is -0.736 e. The molecule has 4 aromatic carbocycles. The largest absolute Gasteiger partial charge is 2.00 e. The van der Waals surface area contributed by atoms with Crippen molar-refractivity contribution in [2.75, 3.05) is 0 Å². The Morgan fingerprint density at radius 1 is 0.391 bits per heavy atom. The van der Waals surface area contributed by atoms with E-state index in [1.165, 1.54) is 123 Å². The van der Waals surface area contributed by atoms with Gasteiger partial charge in [0.2, 0.25) is 0 Å². The van der Waals surface area contributed by atoms with E-state index in [-0.39, 0.29) is 44.7 Å². The van der Waals surface area contributed by atoms with Crippen molar-refractivity contribution in [3.05, 3.63) is 95.1 Å². The van der Waals surface area contributed by atoms with Crippen LogP contribution in [-0.2, 0) is 30.8 Å². The Hall–Kier alpha value is -2.07. The zero-order valence-corrected chi connectivity index (χ0v) is 48.8. The molecule has 0 aliphatic carbocycles. The predicted octanol–water partition coefficient (Wildman–Crippen LogP) is 17.2. The second-order valence-corrected chi connectivity index (χ2v) is 26.2. The van der Waals surface area contributed by atoms with E-state index in [1.54, 1.807) is 24.3 Å². The minimum atomic E-state index is -4.54. The summed E-state index contributed by atoms with van der Waals surface area (Å²) >= 11 is 3.05. The Bertz CT molecular complexity index is 2080. The van der Waals surface area contributed by atoms with Gasteiger partial charge in [0.05, 0.1) is 19.6 Å². The monoisotopic (exact) mass is 1030 g/mol. The van der Waals surface area contributed by atoms with Gasteiger partial charge < -0.3 is 27.9 Å². The van der Waals surface area contributed by atoms with Gasteiger partial charge in [-0.15, -0.1) is 0 Å². The van der Waals surface area contributed by atoms with Crippen LogP contribution in [0.25, 0.3) is 0 Å². The normalized spacial score (nSPS) is 15.2. The number of hydrogen-bond acceptors (Lipinski definition) is 10. The van der Waals surface area contributed by atoms with Gasteiger partial charge in [-0.25, -0.2) is 9.13 Å². The van der Waals surface area contributed by atoms with E-state index < -0.39 is 15.6 Å². The summed E-state index contributed by atoms with van der Waals surface area (Å²) < 4.78 is 46.7. The first-order valence-corrected chi connectivity index (χ1v) is 29.8. The van der Waals surface area contributed by atoms with Gasteiger partial charge in [0.25, 0.3) is 0 Å². The van der Waals surface area contributed by atoms with Gasteiger partial charge in [0.1, 0.15) is 23.0 Å². The van der Waals surface area contributed by atoms with Crippen molar-refractivity contribution >= 4 is 62.2 Å². The van der Waals surface area contributed by atoms with Crippen molar-refractivity contribution < 1.29 is 37.0 Å². The molecule has 8 nitrogen and oxygen atoms in total. The van der Waals surface area contributed by atoms with Crippen molar-refractivity contribution in [1.82, 2.24) is 0 Å². The summed E-state index contributed by atoms with van der Waals surface area (Å²) in [6.45, 7) is 26.9. The molecule has 13 heteroatoms. The molecule has 0 unspecified atom stereocenters. The number of phosphoric acid groups is 2. The quantitative estimate of drug-likeness (QED) is 0.0481. The molecule has 2 aliphatic rings. The average molecular weight is 1030 g/mol. The fourth-order valence-corrected chi connectivity index (χ4v) is 12.9. The number of rotatable bonds is 20. The number of hydrogen-bond donors (Lipinski definition) is 0. The third-order valence-corrected chi connectivity index (χ3v) is 17.6. The first kappa shape index (κ1) is 59.5. The zero-order chi connectivity index (χ0) is 50.0. The van der Waals surface area contributed by atoms with Crippen molar-refractivity contribution in [3.63, 3.8) is 0 Å². The third-order valence-electron chi connectivity index (χ3n) is 13.8. The molecule has 4 aromatic rings. The zero-order valence-electron chi connectivity index (χ0n) is 43.9. The van der Waals surface area contributed by atoms with Gasteiger partial charge in [-0.3, -0.25) is 0 Å². The number of unbranched alkanes of at least 4 members (excludes halogenated alkanes) is 8. The molecule has 0 amide bonds. The van der Waals surface area contributed by atoms with Crippen LogP contribution in [0.5, 0.6) is 23.0 Å². The summed E-state index contributed by atoms with van der Waals surface area (Å²) in [5.74, 6) is 1.31. The summed E-state index contributed by atoms with van der Waals surface area (Å²) in [6.07, 6.45) is 18.7.